The Balaban J connectivity index is 1.37. The molecular weight excluding hydrogens is 382 g/mol. The summed E-state index contributed by atoms with van der Waals surface area (Å²) in [6, 6.07) is 0.0101. The van der Waals surface area contributed by atoms with Gasteiger partial charge in [0.15, 0.2) is 17.0 Å². The zero-order chi connectivity index (χ0) is 19.2. The molecule has 4 fully saturated rings. The first-order valence-electron chi connectivity index (χ1n) is 10.2. The van der Waals surface area contributed by atoms with E-state index in [0.29, 0.717) is 35.4 Å². The molecule has 28 heavy (non-hydrogen) atoms. The third-order valence-corrected chi connectivity index (χ3v) is 8.09. The van der Waals surface area contributed by atoms with Crippen molar-refractivity contribution in [2.24, 2.45) is 23.2 Å². The van der Waals surface area contributed by atoms with Gasteiger partial charge in [-0.3, -0.25) is 0 Å². The van der Waals surface area contributed by atoms with Gasteiger partial charge in [0.1, 0.15) is 6.10 Å². The molecule has 0 aromatic carbocycles. The fourth-order valence-electron chi connectivity index (χ4n) is 6.36. The molecule has 0 aliphatic heterocycles. The van der Waals surface area contributed by atoms with E-state index in [1.807, 2.05) is 0 Å². The molecule has 2 heterocycles. The second kappa shape index (κ2) is 5.78. The number of rotatable bonds is 4. The van der Waals surface area contributed by atoms with Gasteiger partial charge in [0.25, 0.3) is 0 Å². The van der Waals surface area contributed by atoms with E-state index in [1.54, 1.807) is 10.9 Å². The maximum atomic E-state index is 10.6. The van der Waals surface area contributed by atoms with Crippen molar-refractivity contribution >= 4 is 28.6 Å². The van der Waals surface area contributed by atoms with Gasteiger partial charge in [0.05, 0.1) is 25.1 Å². The van der Waals surface area contributed by atoms with Crippen LogP contribution in [0.1, 0.15) is 38.1 Å². The first-order chi connectivity index (χ1) is 13.5. The molecule has 0 saturated heterocycles. The smallest absolute Gasteiger partial charge is 0.226 e. The number of aliphatic hydroxyl groups is 3. The monoisotopic (exact) mass is 405 g/mol. The number of nitrogens with one attached hydrogen (secondary N) is 1. The van der Waals surface area contributed by atoms with Crippen molar-refractivity contribution < 1.29 is 15.3 Å². The standard InChI is InChI=1S/C19H24ClN5O3/c20-18-23-16(22-11-4-8-1-2-9(11)3-8)12-17(24-18)25(7-21-12)13-10-5-19(10,6-26)15(28)14(13)27/h7-11,13-15,26-28H,1-6H2,(H,22,23,24)/t8-,9+,10+,11-,13+,14-,15-,19-/m0/s1. The summed E-state index contributed by atoms with van der Waals surface area (Å²) in [6.45, 7) is -0.133. The predicted molar refractivity (Wildman–Crippen MR) is 102 cm³/mol. The van der Waals surface area contributed by atoms with Crippen LogP contribution in [0.15, 0.2) is 6.33 Å². The fourth-order valence-corrected chi connectivity index (χ4v) is 6.52. The third-order valence-electron chi connectivity index (χ3n) is 7.92. The highest BCUT2D eigenvalue weighted by Gasteiger charge is 2.71. The quantitative estimate of drug-likeness (QED) is 0.567. The Morgan fingerprint density at radius 1 is 1.25 bits per heavy atom. The molecule has 0 unspecified atom stereocenters. The number of halogens is 1. The SMILES string of the molecule is OC[C@@]12C[C@@H]1[C@@H](n1cnc3c(N[C@H]4C[C@H]5CC[C@@H]4C5)nc(Cl)nc31)[C@H](O)[C@@H]2O. The van der Waals surface area contributed by atoms with E-state index in [0.717, 1.165) is 12.3 Å². The number of fused-ring (bicyclic) bond motifs is 4. The van der Waals surface area contributed by atoms with Gasteiger partial charge in [-0.2, -0.15) is 9.97 Å². The van der Waals surface area contributed by atoms with Gasteiger partial charge in [-0.05, 0) is 55.0 Å². The predicted octanol–water partition coefficient (Wildman–Crippen LogP) is 1.36. The minimum Gasteiger partial charge on any atom is -0.396 e. The lowest BCUT2D eigenvalue weighted by Gasteiger charge is -2.24. The van der Waals surface area contributed by atoms with Gasteiger partial charge in [0, 0.05) is 11.5 Å². The van der Waals surface area contributed by atoms with E-state index in [9.17, 15) is 15.3 Å². The molecule has 0 spiro atoms. The Hall–Kier alpha value is -1.48. The number of anilines is 1. The van der Waals surface area contributed by atoms with Crippen LogP contribution < -0.4 is 5.32 Å². The van der Waals surface area contributed by atoms with E-state index in [-0.39, 0.29) is 23.9 Å². The Morgan fingerprint density at radius 3 is 2.79 bits per heavy atom. The summed E-state index contributed by atoms with van der Waals surface area (Å²) in [5, 5.41) is 34.5. The number of imidazole rings is 1. The van der Waals surface area contributed by atoms with Crippen LogP contribution in [0.3, 0.4) is 0 Å². The van der Waals surface area contributed by atoms with Crippen molar-refractivity contribution in [1.29, 1.82) is 0 Å². The van der Waals surface area contributed by atoms with Crippen LogP contribution in [0.5, 0.6) is 0 Å². The molecule has 9 heteroatoms. The van der Waals surface area contributed by atoms with Crippen molar-refractivity contribution in [2.75, 3.05) is 11.9 Å². The van der Waals surface area contributed by atoms with Crippen molar-refractivity contribution in [3.05, 3.63) is 11.6 Å². The van der Waals surface area contributed by atoms with E-state index in [2.05, 4.69) is 20.3 Å². The lowest BCUT2D eigenvalue weighted by molar-refractivity contribution is -0.0300. The molecule has 4 saturated carbocycles. The molecule has 4 aliphatic carbocycles. The Kier molecular flexibility index (Phi) is 3.59. The Bertz CT molecular complexity index is 953. The molecular formula is C19H24ClN5O3. The molecule has 8 nitrogen and oxygen atoms in total. The Morgan fingerprint density at radius 2 is 2.11 bits per heavy atom. The van der Waals surface area contributed by atoms with Gasteiger partial charge in [-0.15, -0.1) is 0 Å². The Labute approximate surface area is 167 Å². The summed E-state index contributed by atoms with van der Waals surface area (Å²) in [7, 11) is 0. The largest absolute Gasteiger partial charge is 0.396 e. The summed E-state index contributed by atoms with van der Waals surface area (Å²) in [6.07, 6.45) is 5.43. The summed E-state index contributed by atoms with van der Waals surface area (Å²) in [5.41, 5.74) is 0.584. The molecule has 2 bridgehead atoms. The van der Waals surface area contributed by atoms with Gasteiger partial charge in [-0.1, -0.05) is 6.42 Å². The van der Waals surface area contributed by atoms with Gasteiger partial charge < -0.3 is 25.2 Å². The van der Waals surface area contributed by atoms with E-state index >= 15 is 0 Å². The van der Waals surface area contributed by atoms with E-state index < -0.39 is 17.6 Å². The fraction of sp³-hybridized carbons (Fsp3) is 0.737. The topological polar surface area (TPSA) is 116 Å². The highest BCUT2D eigenvalue weighted by atomic mass is 35.5. The van der Waals surface area contributed by atoms with Crippen LogP contribution in [0, 0.1) is 23.2 Å². The molecule has 150 valence electrons. The average Bonchev–Trinajstić information content (AvgIpc) is 3.04. The van der Waals surface area contributed by atoms with Crippen molar-refractivity contribution in [3.8, 4) is 0 Å². The summed E-state index contributed by atoms with van der Waals surface area (Å²) >= 11 is 6.24. The van der Waals surface area contributed by atoms with Gasteiger partial charge in [0.2, 0.25) is 5.28 Å². The highest BCUT2D eigenvalue weighted by molar-refractivity contribution is 6.28. The summed E-state index contributed by atoms with van der Waals surface area (Å²) in [5.74, 6) is 2.13. The van der Waals surface area contributed by atoms with Gasteiger partial charge >= 0.3 is 0 Å². The molecule has 4 N–H and O–H groups in total. The minimum absolute atomic E-state index is 0.00406. The van der Waals surface area contributed by atoms with Crippen LogP contribution in [-0.4, -0.2) is 59.7 Å². The molecule has 4 aliphatic rings. The van der Waals surface area contributed by atoms with Crippen LogP contribution >= 0.6 is 11.6 Å². The minimum atomic E-state index is -0.973. The highest BCUT2D eigenvalue weighted by Crippen LogP contribution is 2.67. The number of nitrogens with zero attached hydrogens (tertiary/aromatic N) is 4. The summed E-state index contributed by atoms with van der Waals surface area (Å²) in [4.78, 5) is 13.3. The molecule has 6 rings (SSSR count). The lowest BCUT2D eigenvalue weighted by Crippen LogP contribution is -2.35. The average molecular weight is 406 g/mol. The van der Waals surface area contributed by atoms with Gasteiger partial charge in [-0.25, -0.2) is 4.98 Å². The third kappa shape index (κ3) is 2.20. The first kappa shape index (κ1) is 17.4. The molecule has 8 atom stereocenters. The van der Waals surface area contributed by atoms with Crippen LogP contribution in [0.4, 0.5) is 5.82 Å². The van der Waals surface area contributed by atoms with Crippen LogP contribution in [0.25, 0.3) is 11.2 Å². The number of hydrogen-bond acceptors (Lipinski definition) is 7. The number of hydrogen-bond donors (Lipinski definition) is 4. The molecule has 2 aromatic rings. The van der Waals surface area contributed by atoms with Crippen molar-refractivity contribution in [1.82, 2.24) is 19.5 Å². The van der Waals surface area contributed by atoms with E-state index in [4.69, 9.17) is 11.6 Å². The first-order valence-corrected chi connectivity index (χ1v) is 10.5. The molecule has 0 radical (unpaired) electrons. The lowest BCUT2D eigenvalue weighted by atomic mass is 9.95. The maximum absolute atomic E-state index is 10.6. The normalized spacial score (nSPS) is 43.6. The number of aromatic nitrogens is 4. The zero-order valence-corrected chi connectivity index (χ0v) is 16.1. The second-order valence-corrected chi connectivity index (χ2v) is 9.56. The van der Waals surface area contributed by atoms with E-state index in [1.165, 1.54) is 19.3 Å². The molecule has 0 amide bonds. The molecule has 2 aromatic heterocycles. The maximum Gasteiger partial charge on any atom is 0.226 e. The van der Waals surface area contributed by atoms with Crippen LogP contribution in [0.2, 0.25) is 5.28 Å². The summed E-state index contributed by atoms with van der Waals surface area (Å²) < 4.78 is 1.80. The zero-order valence-electron chi connectivity index (χ0n) is 15.4. The van der Waals surface area contributed by atoms with Crippen molar-refractivity contribution in [2.45, 2.75) is 56.4 Å². The van der Waals surface area contributed by atoms with Crippen molar-refractivity contribution in [3.63, 3.8) is 0 Å². The number of aliphatic hydroxyl groups excluding tert-OH is 3. The van der Waals surface area contributed by atoms with Crippen LogP contribution in [-0.2, 0) is 0 Å². The second-order valence-electron chi connectivity index (χ2n) is 9.22.